The van der Waals surface area contributed by atoms with Gasteiger partial charge in [0.05, 0.1) is 12.8 Å². The molecule has 1 unspecified atom stereocenters. The zero-order valence-electron chi connectivity index (χ0n) is 11.7. The monoisotopic (exact) mass is 312 g/mol. The molecule has 0 aliphatic carbocycles. The molecule has 2 rings (SSSR count). The Hall–Kier alpha value is -1.93. The molecule has 1 atom stereocenters. The van der Waals surface area contributed by atoms with Crippen molar-refractivity contribution in [2.24, 2.45) is 0 Å². The van der Waals surface area contributed by atoms with Gasteiger partial charge in [-0.3, -0.25) is 9.59 Å². The molecule has 114 valence electrons. The minimum Gasteiger partial charge on any atom is -0.481 e. The predicted octanol–water partition coefficient (Wildman–Crippen LogP) is 0.0928. The van der Waals surface area contributed by atoms with Crippen molar-refractivity contribution in [3.63, 3.8) is 0 Å². The van der Waals surface area contributed by atoms with Crippen molar-refractivity contribution < 1.29 is 23.1 Å². The third-order valence-corrected chi connectivity index (χ3v) is 4.75. The number of nitrogens with zero attached hydrogens (tertiary/aromatic N) is 2. The maximum absolute atomic E-state index is 12.3. The second-order valence-corrected chi connectivity index (χ2v) is 7.06. The quantitative estimate of drug-likeness (QED) is 0.850. The molecule has 7 nitrogen and oxygen atoms in total. The first kappa shape index (κ1) is 15.5. The molecule has 1 aliphatic heterocycles. The van der Waals surface area contributed by atoms with Gasteiger partial charge < -0.3 is 10.0 Å². The fourth-order valence-corrected chi connectivity index (χ4v) is 2.59. The van der Waals surface area contributed by atoms with Crippen LogP contribution in [0.5, 0.6) is 0 Å². The Bertz CT molecular complexity index is 686. The van der Waals surface area contributed by atoms with Gasteiger partial charge in [-0.25, -0.2) is 8.42 Å². The molecule has 1 aromatic carbocycles. The number of fused-ring (bicyclic) bond motifs is 1. The molecule has 0 radical (unpaired) electrons. The van der Waals surface area contributed by atoms with Crippen LogP contribution in [0.1, 0.15) is 11.5 Å². The second kappa shape index (κ2) is 5.45. The van der Waals surface area contributed by atoms with Crippen molar-refractivity contribution in [1.82, 2.24) is 4.31 Å². The van der Waals surface area contributed by atoms with E-state index in [1.54, 1.807) is 24.3 Å². The van der Waals surface area contributed by atoms with E-state index in [9.17, 15) is 23.1 Å². The van der Waals surface area contributed by atoms with Gasteiger partial charge in [0.15, 0.2) is 0 Å². The maximum Gasteiger partial charge on any atom is 0.312 e. The summed E-state index contributed by atoms with van der Waals surface area (Å²) in [4.78, 5) is 24.9. The van der Waals surface area contributed by atoms with Crippen molar-refractivity contribution in [2.75, 3.05) is 31.3 Å². The SMILES string of the molecule is CN(CC(=O)N1CC(C(=O)O)c2ccccc21)S(C)(=O)=O. The van der Waals surface area contributed by atoms with Gasteiger partial charge in [-0.1, -0.05) is 18.2 Å². The lowest BCUT2D eigenvalue weighted by molar-refractivity contribution is -0.138. The normalized spacial score (nSPS) is 17.9. The third-order valence-electron chi connectivity index (χ3n) is 3.49. The van der Waals surface area contributed by atoms with Gasteiger partial charge in [0.2, 0.25) is 15.9 Å². The number of carbonyl (C=O) groups excluding carboxylic acids is 1. The number of sulfonamides is 1. The highest BCUT2D eigenvalue weighted by molar-refractivity contribution is 7.88. The van der Waals surface area contributed by atoms with E-state index in [2.05, 4.69) is 0 Å². The molecule has 0 fully saturated rings. The zero-order valence-corrected chi connectivity index (χ0v) is 12.5. The molecule has 0 saturated heterocycles. The van der Waals surface area contributed by atoms with Crippen LogP contribution in [0.25, 0.3) is 0 Å². The number of para-hydroxylation sites is 1. The fourth-order valence-electron chi connectivity index (χ4n) is 2.25. The molecule has 0 spiro atoms. The molecule has 8 heteroatoms. The number of aliphatic carboxylic acids is 1. The van der Waals surface area contributed by atoms with Crippen molar-refractivity contribution >= 4 is 27.6 Å². The smallest absolute Gasteiger partial charge is 0.312 e. The highest BCUT2D eigenvalue weighted by atomic mass is 32.2. The first-order valence-corrected chi connectivity index (χ1v) is 8.10. The van der Waals surface area contributed by atoms with Gasteiger partial charge in [0, 0.05) is 19.3 Å². The molecular weight excluding hydrogens is 296 g/mol. The number of carbonyl (C=O) groups is 2. The fraction of sp³-hybridized carbons (Fsp3) is 0.385. The number of likely N-dealkylation sites (N-methyl/N-ethyl adjacent to an activating group) is 1. The minimum absolute atomic E-state index is 0.0190. The Morgan fingerprint density at radius 2 is 2.00 bits per heavy atom. The van der Waals surface area contributed by atoms with Crippen LogP contribution < -0.4 is 4.90 Å². The standard InChI is InChI=1S/C13H16N2O5S/c1-14(21(2,19)20)8-12(16)15-7-10(13(17)18)9-5-3-4-6-11(9)15/h3-6,10H,7-8H2,1-2H3,(H,17,18). The Morgan fingerprint density at radius 3 is 2.57 bits per heavy atom. The third kappa shape index (κ3) is 3.06. The van der Waals surface area contributed by atoms with Gasteiger partial charge in [0.1, 0.15) is 5.92 Å². The summed E-state index contributed by atoms with van der Waals surface area (Å²) in [5.41, 5.74) is 1.09. The number of anilines is 1. The zero-order chi connectivity index (χ0) is 15.8. The Morgan fingerprint density at radius 1 is 1.38 bits per heavy atom. The van der Waals surface area contributed by atoms with Crippen molar-refractivity contribution in [1.29, 1.82) is 0 Å². The van der Waals surface area contributed by atoms with Crippen LogP contribution in [0.4, 0.5) is 5.69 Å². The summed E-state index contributed by atoms with van der Waals surface area (Å²) >= 11 is 0. The van der Waals surface area contributed by atoms with Crippen LogP contribution >= 0.6 is 0 Å². The molecule has 1 aliphatic rings. The number of benzene rings is 1. The van der Waals surface area contributed by atoms with E-state index in [1.807, 2.05) is 0 Å². The predicted molar refractivity (Wildman–Crippen MR) is 76.6 cm³/mol. The highest BCUT2D eigenvalue weighted by Crippen LogP contribution is 2.36. The van der Waals surface area contributed by atoms with Crippen LogP contribution in [-0.2, 0) is 19.6 Å². The summed E-state index contributed by atoms with van der Waals surface area (Å²) in [5.74, 6) is -2.23. The summed E-state index contributed by atoms with van der Waals surface area (Å²) in [6.07, 6.45) is 1.01. The summed E-state index contributed by atoms with van der Waals surface area (Å²) < 4.78 is 23.7. The average Bonchev–Trinajstić information content (AvgIpc) is 2.77. The second-order valence-electron chi connectivity index (χ2n) is 4.97. The van der Waals surface area contributed by atoms with E-state index in [-0.39, 0.29) is 13.1 Å². The number of carboxylic acids is 1. The molecule has 1 N–H and O–H groups in total. The molecule has 0 saturated carbocycles. The summed E-state index contributed by atoms with van der Waals surface area (Å²) in [6, 6.07) is 6.76. The molecule has 0 bridgehead atoms. The van der Waals surface area contributed by atoms with Gasteiger partial charge in [-0.2, -0.15) is 4.31 Å². The van der Waals surface area contributed by atoms with E-state index in [1.165, 1.54) is 11.9 Å². The first-order valence-electron chi connectivity index (χ1n) is 6.25. The van der Waals surface area contributed by atoms with Crippen LogP contribution in [0.15, 0.2) is 24.3 Å². The summed E-state index contributed by atoms with van der Waals surface area (Å²) in [5, 5.41) is 9.23. The lowest BCUT2D eigenvalue weighted by Gasteiger charge is -2.21. The van der Waals surface area contributed by atoms with Gasteiger partial charge in [0.25, 0.3) is 0 Å². The van der Waals surface area contributed by atoms with E-state index < -0.39 is 27.8 Å². The van der Waals surface area contributed by atoms with E-state index in [0.29, 0.717) is 11.3 Å². The molecule has 0 aromatic heterocycles. The number of carboxylic acid groups (broad SMARTS) is 1. The molecular formula is C13H16N2O5S. The Kier molecular flexibility index (Phi) is 4.02. The lowest BCUT2D eigenvalue weighted by Crippen LogP contribution is -2.40. The first-order chi connectivity index (χ1) is 9.71. The number of hydrogen-bond acceptors (Lipinski definition) is 4. The van der Waals surface area contributed by atoms with Crippen LogP contribution in [0.2, 0.25) is 0 Å². The topological polar surface area (TPSA) is 95.0 Å². The van der Waals surface area contributed by atoms with E-state index in [0.717, 1.165) is 10.6 Å². The highest BCUT2D eigenvalue weighted by Gasteiger charge is 2.36. The molecule has 1 heterocycles. The number of amides is 1. The molecule has 1 aromatic rings. The average molecular weight is 312 g/mol. The van der Waals surface area contributed by atoms with Crippen LogP contribution in [-0.4, -0.2) is 56.1 Å². The van der Waals surface area contributed by atoms with Gasteiger partial charge in [-0.05, 0) is 11.6 Å². The van der Waals surface area contributed by atoms with Gasteiger partial charge in [-0.15, -0.1) is 0 Å². The number of hydrogen-bond donors (Lipinski definition) is 1. The summed E-state index contributed by atoms with van der Waals surface area (Å²) in [7, 11) is -2.16. The van der Waals surface area contributed by atoms with Crippen molar-refractivity contribution in [3.8, 4) is 0 Å². The lowest BCUT2D eigenvalue weighted by atomic mass is 10.0. The van der Waals surface area contributed by atoms with Crippen LogP contribution in [0.3, 0.4) is 0 Å². The molecule has 21 heavy (non-hydrogen) atoms. The van der Waals surface area contributed by atoms with E-state index in [4.69, 9.17) is 0 Å². The maximum atomic E-state index is 12.3. The number of rotatable bonds is 4. The Balaban J connectivity index is 2.26. The summed E-state index contributed by atoms with van der Waals surface area (Å²) in [6.45, 7) is -0.301. The van der Waals surface area contributed by atoms with Crippen molar-refractivity contribution in [2.45, 2.75) is 5.92 Å². The van der Waals surface area contributed by atoms with E-state index >= 15 is 0 Å². The van der Waals surface area contributed by atoms with Crippen molar-refractivity contribution in [3.05, 3.63) is 29.8 Å². The largest absolute Gasteiger partial charge is 0.481 e. The Labute approximate surface area is 122 Å². The molecule has 1 amide bonds. The minimum atomic E-state index is -3.47. The van der Waals surface area contributed by atoms with Gasteiger partial charge >= 0.3 is 5.97 Å². The van der Waals surface area contributed by atoms with Crippen LogP contribution in [0, 0.1) is 0 Å².